The molecule has 0 aliphatic heterocycles. The molecule has 2 rings (SSSR count). The van der Waals surface area contributed by atoms with Gasteiger partial charge in [-0.25, -0.2) is 0 Å². The van der Waals surface area contributed by atoms with E-state index in [1.165, 1.54) is 14.2 Å². The molecule has 0 aliphatic carbocycles. The lowest BCUT2D eigenvalue weighted by Crippen LogP contribution is -2.25. The van der Waals surface area contributed by atoms with Crippen LogP contribution in [0.3, 0.4) is 0 Å². The summed E-state index contributed by atoms with van der Waals surface area (Å²) in [5.74, 6) is 0.410. The monoisotopic (exact) mass is 362 g/mol. The predicted octanol–water partition coefficient (Wildman–Crippen LogP) is 3.58. The van der Waals surface area contributed by atoms with Gasteiger partial charge in [-0.2, -0.15) is 10.5 Å². The second kappa shape index (κ2) is 8.64. The Morgan fingerprint density at radius 3 is 1.37 bits per heavy atom. The molecule has 0 unspecified atom stereocenters. The first kappa shape index (κ1) is 19.7. The Morgan fingerprint density at radius 1 is 0.778 bits per heavy atom. The minimum atomic E-state index is -1.73. The normalized spacial score (nSPS) is 10.4. The summed E-state index contributed by atoms with van der Waals surface area (Å²) in [4.78, 5) is 25.0. The molecule has 0 heterocycles. The standard InChI is InChI=1S/C21H18N2O4/c1-26-17-7-3-15(4-8-17)19(24)11-21(13-22,14-23)12-20(25)16-5-9-18(27-2)10-6-16/h3-10H,11-12H2,1-2H3. The summed E-state index contributed by atoms with van der Waals surface area (Å²) in [7, 11) is 3.02. The SMILES string of the molecule is COc1ccc(C(=O)CC(C#N)(C#N)CC(=O)c2ccc(OC)cc2)cc1. The van der Waals surface area contributed by atoms with E-state index in [1.54, 1.807) is 48.5 Å². The van der Waals surface area contributed by atoms with Crippen LogP contribution in [0.25, 0.3) is 0 Å². The van der Waals surface area contributed by atoms with Gasteiger partial charge in [0.15, 0.2) is 17.0 Å². The van der Waals surface area contributed by atoms with Gasteiger partial charge in [-0.1, -0.05) is 0 Å². The molecular formula is C21H18N2O4. The highest BCUT2D eigenvalue weighted by atomic mass is 16.5. The average molecular weight is 362 g/mol. The van der Waals surface area contributed by atoms with E-state index in [-0.39, 0.29) is 24.4 Å². The summed E-state index contributed by atoms with van der Waals surface area (Å²) in [5.41, 5.74) is -1.03. The van der Waals surface area contributed by atoms with Crippen molar-refractivity contribution in [1.29, 1.82) is 10.5 Å². The molecule has 0 aromatic heterocycles. The lowest BCUT2D eigenvalue weighted by Gasteiger charge is -2.17. The Morgan fingerprint density at radius 2 is 1.11 bits per heavy atom. The number of carbonyl (C=O) groups is 2. The summed E-state index contributed by atoms with van der Waals surface area (Å²) < 4.78 is 10.1. The molecule has 6 heteroatoms. The van der Waals surface area contributed by atoms with Crippen molar-refractivity contribution in [1.82, 2.24) is 0 Å². The third-order valence-corrected chi connectivity index (χ3v) is 4.18. The summed E-state index contributed by atoms with van der Waals surface area (Å²) >= 11 is 0. The summed E-state index contributed by atoms with van der Waals surface area (Å²) in [6, 6.07) is 16.4. The Hall–Kier alpha value is -3.64. The van der Waals surface area contributed by atoms with Crippen molar-refractivity contribution >= 4 is 11.6 Å². The van der Waals surface area contributed by atoms with Gasteiger partial charge in [-0.05, 0) is 48.5 Å². The van der Waals surface area contributed by atoms with Gasteiger partial charge in [0.25, 0.3) is 0 Å². The van der Waals surface area contributed by atoms with Crippen LogP contribution in [0.2, 0.25) is 0 Å². The van der Waals surface area contributed by atoms with Gasteiger partial charge in [-0.15, -0.1) is 0 Å². The number of hydrogen-bond acceptors (Lipinski definition) is 6. The average Bonchev–Trinajstić information content (AvgIpc) is 2.73. The molecule has 0 N–H and O–H groups in total. The smallest absolute Gasteiger partial charge is 0.165 e. The molecule has 0 fully saturated rings. The van der Waals surface area contributed by atoms with Crippen LogP contribution in [-0.4, -0.2) is 25.8 Å². The lowest BCUT2D eigenvalue weighted by molar-refractivity contribution is 0.0913. The molecule has 0 radical (unpaired) electrons. The summed E-state index contributed by atoms with van der Waals surface area (Å²) in [5, 5.41) is 19.0. The fraction of sp³-hybridized carbons (Fsp3) is 0.238. The molecule has 27 heavy (non-hydrogen) atoms. The number of ether oxygens (including phenoxy) is 2. The van der Waals surface area contributed by atoms with E-state index in [2.05, 4.69) is 0 Å². The molecule has 0 saturated carbocycles. The zero-order chi connectivity index (χ0) is 19.9. The first-order valence-electron chi connectivity index (χ1n) is 8.14. The van der Waals surface area contributed by atoms with Gasteiger partial charge in [0.2, 0.25) is 0 Å². The molecule has 2 aromatic rings. The lowest BCUT2D eigenvalue weighted by atomic mass is 9.79. The largest absolute Gasteiger partial charge is 0.497 e. The quantitative estimate of drug-likeness (QED) is 0.665. The number of Topliss-reactive ketones (excluding diaryl/α,β-unsaturated/α-hetero) is 2. The van der Waals surface area contributed by atoms with Crippen molar-refractivity contribution in [2.75, 3.05) is 14.2 Å². The van der Waals surface area contributed by atoms with Gasteiger partial charge in [0.05, 0.1) is 26.4 Å². The van der Waals surface area contributed by atoms with Gasteiger partial charge in [0, 0.05) is 24.0 Å². The molecule has 6 nitrogen and oxygen atoms in total. The van der Waals surface area contributed by atoms with E-state index in [9.17, 15) is 20.1 Å². The zero-order valence-corrected chi connectivity index (χ0v) is 15.1. The number of carbonyl (C=O) groups excluding carboxylic acids is 2. The van der Waals surface area contributed by atoms with Gasteiger partial charge < -0.3 is 9.47 Å². The molecule has 0 bridgehead atoms. The molecule has 0 spiro atoms. The minimum absolute atomic E-state index is 0.350. The number of nitriles is 2. The number of benzene rings is 2. The van der Waals surface area contributed by atoms with Crippen molar-refractivity contribution in [2.24, 2.45) is 5.41 Å². The third-order valence-electron chi connectivity index (χ3n) is 4.18. The van der Waals surface area contributed by atoms with Crippen LogP contribution in [0.4, 0.5) is 0 Å². The Balaban J connectivity index is 2.18. The van der Waals surface area contributed by atoms with E-state index in [0.29, 0.717) is 22.6 Å². The van der Waals surface area contributed by atoms with Crippen LogP contribution in [0.15, 0.2) is 48.5 Å². The highest BCUT2D eigenvalue weighted by molar-refractivity contribution is 6.00. The van der Waals surface area contributed by atoms with Crippen molar-refractivity contribution < 1.29 is 19.1 Å². The topological polar surface area (TPSA) is 100 Å². The van der Waals surface area contributed by atoms with Crippen molar-refractivity contribution in [2.45, 2.75) is 12.8 Å². The molecule has 0 atom stereocenters. The van der Waals surface area contributed by atoms with Gasteiger partial charge in [-0.3, -0.25) is 9.59 Å². The third kappa shape index (κ3) is 4.71. The first-order valence-corrected chi connectivity index (χ1v) is 8.14. The van der Waals surface area contributed by atoms with Crippen LogP contribution < -0.4 is 9.47 Å². The minimum Gasteiger partial charge on any atom is -0.497 e. The second-order valence-electron chi connectivity index (χ2n) is 5.96. The summed E-state index contributed by atoms with van der Waals surface area (Å²) in [6.45, 7) is 0. The van der Waals surface area contributed by atoms with E-state index in [4.69, 9.17) is 9.47 Å². The maximum Gasteiger partial charge on any atom is 0.165 e. The Kier molecular flexibility index (Phi) is 6.30. The van der Waals surface area contributed by atoms with Crippen LogP contribution in [0.5, 0.6) is 11.5 Å². The van der Waals surface area contributed by atoms with Crippen molar-refractivity contribution in [3.05, 3.63) is 59.7 Å². The number of methoxy groups -OCH3 is 2. The highest BCUT2D eigenvalue weighted by Gasteiger charge is 2.36. The predicted molar refractivity (Wildman–Crippen MR) is 97.5 cm³/mol. The van der Waals surface area contributed by atoms with Crippen molar-refractivity contribution in [3.8, 4) is 23.6 Å². The molecular weight excluding hydrogens is 344 g/mol. The number of nitrogens with zero attached hydrogens (tertiary/aromatic N) is 2. The van der Waals surface area contributed by atoms with E-state index in [1.807, 2.05) is 12.1 Å². The van der Waals surface area contributed by atoms with Crippen LogP contribution in [0, 0.1) is 28.1 Å². The number of ketones is 2. The molecule has 0 aliphatic rings. The van der Waals surface area contributed by atoms with Gasteiger partial charge >= 0.3 is 0 Å². The molecule has 2 aromatic carbocycles. The van der Waals surface area contributed by atoms with Crippen LogP contribution in [-0.2, 0) is 0 Å². The molecule has 136 valence electrons. The second-order valence-corrected chi connectivity index (χ2v) is 5.96. The maximum absolute atomic E-state index is 12.5. The van der Waals surface area contributed by atoms with E-state index >= 15 is 0 Å². The van der Waals surface area contributed by atoms with Gasteiger partial charge in [0.1, 0.15) is 11.5 Å². The van der Waals surface area contributed by atoms with Crippen molar-refractivity contribution in [3.63, 3.8) is 0 Å². The molecule has 0 amide bonds. The Labute approximate surface area is 157 Å². The maximum atomic E-state index is 12.5. The van der Waals surface area contributed by atoms with Crippen LogP contribution >= 0.6 is 0 Å². The van der Waals surface area contributed by atoms with E-state index in [0.717, 1.165) is 0 Å². The van der Waals surface area contributed by atoms with Crippen LogP contribution in [0.1, 0.15) is 33.6 Å². The molecule has 0 saturated heterocycles. The van der Waals surface area contributed by atoms with E-state index < -0.39 is 5.41 Å². The number of rotatable bonds is 8. The number of hydrogen-bond donors (Lipinski definition) is 0. The highest BCUT2D eigenvalue weighted by Crippen LogP contribution is 2.29. The summed E-state index contributed by atoms with van der Waals surface area (Å²) in [6.07, 6.45) is -0.734. The fourth-order valence-electron chi connectivity index (χ4n) is 2.55. The Bertz CT molecular complexity index is 826. The first-order chi connectivity index (χ1) is 13.0. The fourth-order valence-corrected chi connectivity index (χ4v) is 2.55. The zero-order valence-electron chi connectivity index (χ0n) is 15.1.